The molecule has 106 valence electrons. The number of aryl methyl sites for hydroxylation is 1. The quantitative estimate of drug-likeness (QED) is 0.910. The number of halogens is 1. The van der Waals surface area contributed by atoms with E-state index < -0.39 is 0 Å². The number of anilines is 1. The van der Waals surface area contributed by atoms with Gasteiger partial charge in [0.2, 0.25) is 0 Å². The van der Waals surface area contributed by atoms with Crippen LogP contribution in [0, 0.1) is 12.7 Å². The lowest BCUT2D eigenvalue weighted by Crippen LogP contribution is -2.46. The van der Waals surface area contributed by atoms with Crippen LogP contribution in [-0.2, 0) is 0 Å². The molecule has 1 saturated heterocycles. The Morgan fingerprint density at radius 2 is 1.89 bits per heavy atom. The number of hydrogen-bond acceptors (Lipinski definition) is 3. The summed E-state index contributed by atoms with van der Waals surface area (Å²) >= 11 is 0. The summed E-state index contributed by atoms with van der Waals surface area (Å²) in [6.45, 7) is 11.1. The van der Waals surface area contributed by atoms with Gasteiger partial charge in [-0.2, -0.15) is 0 Å². The van der Waals surface area contributed by atoms with Gasteiger partial charge in [0.05, 0.1) is 0 Å². The highest BCUT2D eigenvalue weighted by atomic mass is 19.1. The van der Waals surface area contributed by atoms with Gasteiger partial charge in [-0.3, -0.25) is 0 Å². The van der Waals surface area contributed by atoms with Crippen molar-refractivity contribution in [3.05, 3.63) is 29.1 Å². The Bertz CT molecular complexity index is 437. The minimum absolute atomic E-state index is 0.144. The van der Waals surface area contributed by atoms with Gasteiger partial charge >= 0.3 is 0 Å². The fourth-order valence-corrected chi connectivity index (χ4v) is 2.63. The molecule has 3 nitrogen and oxygen atoms in total. The Labute approximate surface area is 115 Å². The first-order valence-corrected chi connectivity index (χ1v) is 7.05. The van der Waals surface area contributed by atoms with Crippen molar-refractivity contribution < 1.29 is 4.39 Å². The van der Waals surface area contributed by atoms with E-state index in [1.54, 1.807) is 6.07 Å². The van der Waals surface area contributed by atoms with E-state index in [0.29, 0.717) is 5.56 Å². The van der Waals surface area contributed by atoms with Gasteiger partial charge in [0.15, 0.2) is 0 Å². The van der Waals surface area contributed by atoms with Gasteiger partial charge in [0.25, 0.3) is 0 Å². The minimum Gasteiger partial charge on any atom is -0.369 e. The molecule has 0 aliphatic carbocycles. The summed E-state index contributed by atoms with van der Waals surface area (Å²) in [6, 6.07) is 3.39. The smallest absolute Gasteiger partial charge is 0.126 e. The van der Waals surface area contributed by atoms with Gasteiger partial charge < -0.3 is 15.5 Å². The van der Waals surface area contributed by atoms with Crippen LogP contribution in [-0.4, -0.2) is 37.6 Å². The molecule has 0 aromatic heterocycles. The lowest BCUT2D eigenvalue weighted by molar-refractivity contribution is 0.271. The number of likely N-dealkylation sites (N-methyl/N-ethyl adjacent to an activating group) is 1. The standard InChI is InChI=1S/C15H24FN3/c1-4-18-5-7-19(8-6-18)15-9-11(2)14(16)10-13(15)12(3)17/h9-10,12H,4-8,17H2,1-3H3/t12-/m0/s1. The average molecular weight is 265 g/mol. The van der Waals surface area contributed by atoms with Crippen LogP contribution in [0.4, 0.5) is 10.1 Å². The van der Waals surface area contributed by atoms with Crippen LogP contribution in [0.15, 0.2) is 12.1 Å². The van der Waals surface area contributed by atoms with Crippen molar-refractivity contribution in [3.63, 3.8) is 0 Å². The van der Waals surface area contributed by atoms with Crippen LogP contribution in [0.5, 0.6) is 0 Å². The maximum absolute atomic E-state index is 13.7. The van der Waals surface area contributed by atoms with Gasteiger partial charge in [-0.15, -0.1) is 0 Å². The average Bonchev–Trinajstić information content (AvgIpc) is 2.41. The number of nitrogens with zero attached hydrogens (tertiary/aromatic N) is 2. The van der Waals surface area contributed by atoms with Crippen molar-refractivity contribution in [1.82, 2.24) is 4.90 Å². The van der Waals surface area contributed by atoms with Crippen LogP contribution in [0.1, 0.15) is 31.0 Å². The van der Waals surface area contributed by atoms with Gasteiger partial charge in [0, 0.05) is 37.9 Å². The van der Waals surface area contributed by atoms with E-state index in [2.05, 4.69) is 16.7 Å². The second kappa shape index (κ2) is 5.88. The third kappa shape index (κ3) is 3.07. The molecule has 1 fully saturated rings. The van der Waals surface area contributed by atoms with Crippen molar-refractivity contribution >= 4 is 5.69 Å². The first kappa shape index (κ1) is 14.3. The fourth-order valence-electron chi connectivity index (χ4n) is 2.63. The van der Waals surface area contributed by atoms with Crippen molar-refractivity contribution in [2.75, 3.05) is 37.6 Å². The highest BCUT2D eigenvalue weighted by Gasteiger charge is 2.20. The monoisotopic (exact) mass is 265 g/mol. The topological polar surface area (TPSA) is 32.5 Å². The van der Waals surface area contributed by atoms with E-state index in [0.717, 1.165) is 44.0 Å². The second-order valence-corrected chi connectivity index (χ2v) is 5.37. The Balaban J connectivity index is 2.26. The summed E-state index contributed by atoms with van der Waals surface area (Å²) in [6.07, 6.45) is 0. The first-order valence-electron chi connectivity index (χ1n) is 7.05. The van der Waals surface area contributed by atoms with E-state index in [9.17, 15) is 4.39 Å². The third-order valence-electron chi connectivity index (χ3n) is 3.96. The number of rotatable bonds is 3. The third-order valence-corrected chi connectivity index (χ3v) is 3.96. The molecular formula is C15H24FN3. The predicted octanol–water partition coefficient (Wildman–Crippen LogP) is 2.30. The Morgan fingerprint density at radius 3 is 2.42 bits per heavy atom. The lowest BCUT2D eigenvalue weighted by Gasteiger charge is -2.37. The summed E-state index contributed by atoms with van der Waals surface area (Å²) in [5, 5.41) is 0. The number of hydrogen-bond donors (Lipinski definition) is 1. The van der Waals surface area contributed by atoms with Crippen molar-refractivity contribution in [3.8, 4) is 0 Å². The number of benzene rings is 1. The molecule has 0 bridgehead atoms. The van der Waals surface area contributed by atoms with E-state index in [1.165, 1.54) is 0 Å². The minimum atomic E-state index is -0.164. The Hall–Kier alpha value is -1.13. The van der Waals surface area contributed by atoms with Crippen molar-refractivity contribution in [2.24, 2.45) is 5.73 Å². The van der Waals surface area contributed by atoms with Crippen LogP contribution in [0.3, 0.4) is 0 Å². The molecule has 0 unspecified atom stereocenters. The molecule has 1 aliphatic rings. The molecule has 19 heavy (non-hydrogen) atoms. The van der Waals surface area contributed by atoms with E-state index in [4.69, 9.17) is 5.73 Å². The summed E-state index contributed by atoms with van der Waals surface area (Å²) in [5.74, 6) is -0.164. The molecule has 0 amide bonds. The van der Waals surface area contributed by atoms with Crippen LogP contribution in [0.25, 0.3) is 0 Å². The highest BCUT2D eigenvalue weighted by molar-refractivity contribution is 5.57. The highest BCUT2D eigenvalue weighted by Crippen LogP contribution is 2.29. The summed E-state index contributed by atoms with van der Waals surface area (Å²) < 4.78 is 13.7. The normalized spacial score (nSPS) is 18.7. The largest absolute Gasteiger partial charge is 0.369 e. The zero-order chi connectivity index (χ0) is 14.0. The zero-order valence-corrected chi connectivity index (χ0v) is 12.1. The van der Waals surface area contributed by atoms with Crippen molar-refractivity contribution in [2.45, 2.75) is 26.8 Å². The molecule has 0 spiro atoms. The molecular weight excluding hydrogens is 241 g/mol. The second-order valence-electron chi connectivity index (χ2n) is 5.37. The molecule has 1 atom stereocenters. The van der Waals surface area contributed by atoms with Gasteiger partial charge in [-0.25, -0.2) is 4.39 Å². The Morgan fingerprint density at radius 1 is 1.26 bits per heavy atom. The van der Waals surface area contributed by atoms with Crippen LogP contribution in [0.2, 0.25) is 0 Å². The fraction of sp³-hybridized carbons (Fsp3) is 0.600. The van der Waals surface area contributed by atoms with Gasteiger partial charge in [0.1, 0.15) is 5.82 Å². The molecule has 2 rings (SSSR count). The summed E-state index contributed by atoms with van der Waals surface area (Å²) in [7, 11) is 0. The molecule has 0 radical (unpaired) electrons. The molecule has 1 aromatic rings. The van der Waals surface area contributed by atoms with E-state index in [1.807, 2.05) is 19.9 Å². The van der Waals surface area contributed by atoms with Crippen LogP contribution >= 0.6 is 0 Å². The summed E-state index contributed by atoms with van der Waals surface area (Å²) in [4.78, 5) is 4.76. The van der Waals surface area contributed by atoms with E-state index in [-0.39, 0.29) is 11.9 Å². The molecule has 0 saturated carbocycles. The maximum Gasteiger partial charge on any atom is 0.126 e. The van der Waals surface area contributed by atoms with Gasteiger partial charge in [-0.1, -0.05) is 6.92 Å². The number of nitrogens with two attached hydrogens (primary N) is 1. The molecule has 1 heterocycles. The zero-order valence-electron chi connectivity index (χ0n) is 12.1. The van der Waals surface area contributed by atoms with Gasteiger partial charge in [-0.05, 0) is 43.7 Å². The van der Waals surface area contributed by atoms with Crippen LogP contribution < -0.4 is 10.6 Å². The van der Waals surface area contributed by atoms with Crippen molar-refractivity contribution in [1.29, 1.82) is 0 Å². The summed E-state index contributed by atoms with van der Waals surface area (Å²) in [5.41, 5.74) is 8.69. The molecule has 1 aromatic carbocycles. The maximum atomic E-state index is 13.7. The van der Waals surface area contributed by atoms with E-state index >= 15 is 0 Å². The predicted molar refractivity (Wildman–Crippen MR) is 78.1 cm³/mol. The molecule has 1 aliphatic heterocycles. The SMILES string of the molecule is CCN1CCN(c2cc(C)c(F)cc2[C@H](C)N)CC1. The Kier molecular flexibility index (Phi) is 4.42. The first-order chi connectivity index (χ1) is 9.02. The number of piperazine rings is 1. The lowest BCUT2D eigenvalue weighted by atomic mass is 10.0. The molecule has 4 heteroatoms. The molecule has 2 N–H and O–H groups in total.